The minimum Gasteiger partial charge on any atom is -0.381 e. The van der Waals surface area contributed by atoms with Crippen molar-refractivity contribution in [2.24, 2.45) is 7.05 Å². The first-order chi connectivity index (χ1) is 16.0. The molecule has 4 aromatic rings. The van der Waals surface area contributed by atoms with E-state index in [-0.39, 0.29) is 17.2 Å². The maximum atomic E-state index is 13.0. The molecule has 170 valence electrons. The molecule has 1 aromatic carbocycles. The van der Waals surface area contributed by atoms with Gasteiger partial charge in [0.1, 0.15) is 17.0 Å². The first kappa shape index (κ1) is 21.5. The van der Waals surface area contributed by atoms with E-state index in [4.69, 9.17) is 4.74 Å². The topological polar surface area (TPSA) is 61.4 Å². The number of fused-ring (bicyclic) bond motifs is 1. The van der Waals surface area contributed by atoms with Crippen LogP contribution in [-0.2, 0) is 18.2 Å². The van der Waals surface area contributed by atoms with Crippen LogP contribution in [0.15, 0.2) is 59.7 Å². The van der Waals surface area contributed by atoms with E-state index in [9.17, 15) is 13.6 Å². The number of ether oxygens (including phenoxy) is 1. The van der Waals surface area contributed by atoms with Gasteiger partial charge in [0.25, 0.3) is 12.0 Å². The number of nitrogens with zero attached hydrogens (tertiary/aromatic N) is 4. The van der Waals surface area contributed by atoms with Crippen LogP contribution >= 0.6 is 0 Å². The van der Waals surface area contributed by atoms with Crippen molar-refractivity contribution >= 4 is 5.52 Å². The van der Waals surface area contributed by atoms with Crippen molar-refractivity contribution in [2.75, 3.05) is 13.2 Å². The van der Waals surface area contributed by atoms with Gasteiger partial charge in [-0.25, -0.2) is 18.7 Å². The molecule has 5 rings (SSSR count). The minimum absolute atomic E-state index is 0.0806. The van der Waals surface area contributed by atoms with E-state index < -0.39 is 6.43 Å². The number of rotatable bonds is 5. The molecule has 3 aromatic heterocycles. The Kier molecular flexibility index (Phi) is 5.76. The quantitative estimate of drug-likeness (QED) is 0.449. The van der Waals surface area contributed by atoms with Crippen molar-refractivity contribution in [3.05, 3.63) is 88.0 Å². The summed E-state index contributed by atoms with van der Waals surface area (Å²) in [7, 11) is 1.77. The van der Waals surface area contributed by atoms with Crippen LogP contribution < -0.4 is 5.56 Å². The van der Waals surface area contributed by atoms with E-state index >= 15 is 0 Å². The third-order valence-electron chi connectivity index (χ3n) is 6.27. The Morgan fingerprint density at radius 1 is 1.12 bits per heavy atom. The molecule has 6 nitrogen and oxygen atoms in total. The van der Waals surface area contributed by atoms with Crippen molar-refractivity contribution < 1.29 is 13.5 Å². The fraction of sp³-hybridized carbons (Fsp3) is 0.320. The largest absolute Gasteiger partial charge is 0.381 e. The Morgan fingerprint density at radius 3 is 2.61 bits per heavy atom. The maximum absolute atomic E-state index is 13.0. The van der Waals surface area contributed by atoms with Crippen LogP contribution in [-0.4, -0.2) is 32.1 Å². The molecule has 0 amide bonds. The molecule has 1 fully saturated rings. The highest BCUT2D eigenvalue weighted by atomic mass is 19.3. The molecule has 0 aliphatic carbocycles. The number of imidazole rings is 1. The lowest BCUT2D eigenvalue weighted by atomic mass is 9.99. The summed E-state index contributed by atoms with van der Waals surface area (Å²) in [5, 5.41) is 0. The molecule has 33 heavy (non-hydrogen) atoms. The summed E-state index contributed by atoms with van der Waals surface area (Å²) in [5.41, 5.74) is 3.40. The van der Waals surface area contributed by atoms with E-state index in [1.54, 1.807) is 29.9 Å². The number of halogens is 2. The zero-order chi connectivity index (χ0) is 22.9. The minimum atomic E-state index is -2.60. The van der Waals surface area contributed by atoms with Gasteiger partial charge in [-0.2, -0.15) is 0 Å². The molecule has 0 radical (unpaired) electrons. The van der Waals surface area contributed by atoms with Crippen molar-refractivity contribution in [1.82, 2.24) is 18.9 Å². The molecule has 4 heterocycles. The third-order valence-corrected chi connectivity index (χ3v) is 6.27. The standard InChI is InChI=1S/C25H24F2N4O2/c1-30-19(15-31-22(25(30)32)14-28-24(31)18-9-11-33-12-10-18)13-16-5-7-17(8-6-16)20-3-2-4-21(29-20)23(26)27/h2-8,14-15,18,23H,9-13H2,1H3. The maximum Gasteiger partial charge on any atom is 0.280 e. The normalized spacial score (nSPS) is 14.9. The number of hydrogen-bond acceptors (Lipinski definition) is 4. The number of benzene rings is 1. The second-order valence-corrected chi connectivity index (χ2v) is 8.36. The molecule has 1 aliphatic heterocycles. The molecule has 1 saturated heterocycles. The van der Waals surface area contributed by atoms with Gasteiger partial charge in [-0.15, -0.1) is 0 Å². The molecule has 8 heteroatoms. The van der Waals surface area contributed by atoms with E-state index in [2.05, 4.69) is 9.97 Å². The SMILES string of the molecule is Cn1c(Cc2ccc(-c3cccc(C(F)F)n3)cc2)cn2c(C3CCOCC3)ncc2c1=O. The van der Waals surface area contributed by atoms with Crippen LogP contribution in [0, 0.1) is 0 Å². The van der Waals surface area contributed by atoms with Gasteiger partial charge in [0.2, 0.25) is 0 Å². The number of aromatic nitrogens is 4. The molecular weight excluding hydrogens is 426 g/mol. The first-order valence-corrected chi connectivity index (χ1v) is 11.0. The highest BCUT2D eigenvalue weighted by Gasteiger charge is 2.22. The fourth-order valence-corrected chi connectivity index (χ4v) is 4.37. The zero-order valence-electron chi connectivity index (χ0n) is 18.2. The molecule has 1 aliphatic rings. The van der Waals surface area contributed by atoms with E-state index in [1.807, 2.05) is 34.9 Å². The Morgan fingerprint density at radius 2 is 1.88 bits per heavy atom. The summed E-state index contributed by atoms with van der Waals surface area (Å²) in [6, 6.07) is 12.2. The summed E-state index contributed by atoms with van der Waals surface area (Å²) in [6.07, 6.45) is 3.40. The second kappa shape index (κ2) is 8.86. The molecule has 0 bridgehead atoms. The fourth-order valence-electron chi connectivity index (χ4n) is 4.37. The second-order valence-electron chi connectivity index (χ2n) is 8.36. The monoisotopic (exact) mass is 450 g/mol. The van der Waals surface area contributed by atoms with Gasteiger partial charge >= 0.3 is 0 Å². The van der Waals surface area contributed by atoms with Crippen molar-refractivity contribution in [1.29, 1.82) is 0 Å². The number of hydrogen-bond donors (Lipinski definition) is 0. The van der Waals surface area contributed by atoms with Gasteiger partial charge in [-0.05, 0) is 30.5 Å². The van der Waals surface area contributed by atoms with Crippen LogP contribution in [0.5, 0.6) is 0 Å². The smallest absolute Gasteiger partial charge is 0.280 e. The number of alkyl halides is 2. The number of pyridine rings is 1. The van der Waals surface area contributed by atoms with Gasteiger partial charge in [0.05, 0.1) is 11.9 Å². The van der Waals surface area contributed by atoms with E-state index in [1.165, 1.54) is 6.07 Å². The highest BCUT2D eigenvalue weighted by Crippen LogP contribution is 2.27. The van der Waals surface area contributed by atoms with E-state index in [0.29, 0.717) is 30.8 Å². The van der Waals surface area contributed by atoms with Crippen LogP contribution in [0.1, 0.15) is 48.0 Å². The van der Waals surface area contributed by atoms with Crippen molar-refractivity contribution in [3.8, 4) is 11.3 Å². The Balaban J connectivity index is 1.44. The predicted molar refractivity (Wildman–Crippen MR) is 121 cm³/mol. The van der Waals surface area contributed by atoms with Gasteiger partial charge in [-0.1, -0.05) is 30.3 Å². The van der Waals surface area contributed by atoms with Crippen LogP contribution in [0.4, 0.5) is 8.78 Å². The Bertz CT molecular complexity index is 1340. The molecule has 0 unspecified atom stereocenters. The summed E-state index contributed by atoms with van der Waals surface area (Å²) >= 11 is 0. The third kappa shape index (κ3) is 4.18. The van der Waals surface area contributed by atoms with Gasteiger partial charge in [0, 0.05) is 50.1 Å². The van der Waals surface area contributed by atoms with Gasteiger partial charge in [0.15, 0.2) is 0 Å². The van der Waals surface area contributed by atoms with Crippen LogP contribution in [0.25, 0.3) is 16.8 Å². The molecule has 0 N–H and O–H groups in total. The molecule has 0 saturated carbocycles. The first-order valence-electron chi connectivity index (χ1n) is 11.0. The predicted octanol–water partition coefficient (Wildman–Crippen LogP) is 4.52. The lowest BCUT2D eigenvalue weighted by Gasteiger charge is -2.21. The van der Waals surface area contributed by atoms with Crippen LogP contribution in [0.2, 0.25) is 0 Å². The zero-order valence-corrected chi connectivity index (χ0v) is 18.2. The average Bonchev–Trinajstić information content (AvgIpc) is 3.27. The lowest BCUT2D eigenvalue weighted by Crippen LogP contribution is -2.24. The highest BCUT2D eigenvalue weighted by molar-refractivity contribution is 5.59. The average molecular weight is 450 g/mol. The van der Waals surface area contributed by atoms with Gasteiger partial charge in [-0.3, -0.25) is 9.20 Å². The van der Waals surface area contributed by atoms with Crippen molar-refractivity contribution in [3.63, 3.8) is 0 Å². The molecule has 0 spiro atoms. The summed E-state index contributed by atoms with van der Waals surface area (Å²) < 4.78 is 35.0. The van der Waals surface area contributed by atoms with Crippen molar-refractivity contribution in [2.45, 2.75) is 31.6 Å². The molecule has 0 atom stereocenters. The summed E-state index contributed by atoms with van der Waals surface area (Å²) in [4.78, 5) is 21.6. The summed E-state index contributed by atoms with van der Waals surface area (Å²) in [5.74, 6) is 1.18. The van der Waals surface area contributed by atoms with Crippen LogP contribution in [0.3, 0.4) is 0 Å². The Hall–Kier alpha value is -3.39. The lowest BCUT2D eigenvalue weighted by molar-refractivity contribution is 0.0835. The van der Waals surface area contributed by atoms with Gasteiger partial charge < -0.3 is 9.30 Å². The molecular formula is C25H24F2N4O2. The van der Waals surface area contributed by atoms with E-state index in [0.717, 1.165) is 35.5 Å². The summed E-state index contributed by atoms with van der Waals surface area (Å²) in [6.45, 7) is 1.41. The Labute approximate surface area is 189 Å².